The minimum Gasteiger partial charge on any atom is -0.343 e. The number of pyridine rings is 2. The maximum atomic E-state index is 14.0. The van der Waals surface area contributed by atoms with Crippen molar-refractivity contribution in [2.45, 2.75) is 126 Å². The number of carbonyl (C=O) groups is 4. The van der Waals surface area contributed by atoms with Gasteiger partial charge in [-0.25, -0.2) is 9.97 Å². The smallest absolute Gasteiger partial charge is 0.231 e. The Hall–Kier alpha value is -3.82. The maximum absolute atomic E-state index is 14.0. The molecule has 4 heterocycles. The minimum atomic E-state index is -0.596. The molecule has 4 amide bonds. The number of likely N-dealkylation sites (tertiary alicyclic amines) is 2. The lowest BCUT2D eigenvalue weighted by Crippen LogP contribution is -2.37. The van der Waals surface area contributed by atoms with Crippen molar-refractivity contribution in [3.8, 4) is 0 Å². The summed E-state index contributed by atoms with van der Waals surface area (Å²) >= 11 is 0. The highest BCUT2D eigenvalue weighted by Gasteiger charge is 2.38. The van der Waals surface area contributed by atoms with E-state index in [1.165, 1.54) is 16.7 Å². The Balaban J connectivity index is 1.28. The second-order valence-corrected chi connectivity index (χ2v) is 16.9. The molecule has 2 unspecified atom stereocenters. The van der Waals surface area contributed by atoms with E-state index < -0.39 is 10.8 Å². The Morgan fingerprint density at radius 2 is 1.29 bits per heavy atom. The van der Waals surface area contributed by atoms with Crippen LogP contribution in [0.25, 0.3) is 0 Å². The van der Waals surface area contributed by atoms with E-state index >= 15 is 0 Å². The fourth-order valence-corrected chi connectivity index (χ4v) is 8.25. The Morgan fingerprint density at radius 1 is 0.750 bits per heavy atom. The minimum absolute atomic E-state index is 0.0109. The van der Waals surface area contributed by atoms with E-state index in [2.05, 4.69) is 42.5 Å². The first-order valence-electron chi connectivity index (χ1n) is 19.7. The van der Waals surface area contributed by atoms with Gasteiger partial charge in [0.15, 0.2) is 0 Å². The molecule has 3 aliphatic rings. The Bertz CT molecular complexity index is 1640. The summed E-state index contributed by atoms with van der Waals surface area (Å²) in [6.45, 7) is 18.6. The van der Waals surface area contributed by atoms with Crippen molar-refractivity contribution in [3.63, 3.8) is 0 Å². The third-order valence-corrected chi connectivity index (χ3v) is 12.7. The first-order valence-corrected chi connectivity index (χ1v) is 19.7. The molecule has 0 aromatic carbocycles. The molecule has 2 aromatic rings. The van der Waals surface area contributed by atoms with Gasteiger partial charge in [0.1, 0.15) is 11.6 Å². The normalized spacial score (nSPS) is 19.6. The van der Waals surface area contributed by atoms with Crippen molar-refractivity contribution in [2.24, 2.45) is 28.6 Å². The molecule has 0 radical (unpaired) electrons. The van der Waals surface area contributed by atoms with Crippen molar-refractivity contribution in [2.75, 3.05) is 36.8 Å². The zero-order valence-electron chi connectivity index (χ0n) is 33.0. The summed E-state index contributed by atoms with van der Waals surface area (Å²) in [4.78, 5) is 64.5. The van der Waals surface area contributed by atoms with E-state index in [4.69, 9.17) is 4.98 Å². The highest BCUT2D eigenvalue weighted by Crippen LogP contribution is 2.40. The molecule has 0 spiro atoms. The van der Waals surface area contributed by atoms with E-state index in [0.717, 1.165) is 102 Å². The lowest BCUT2D eigenvalue weighted by atomic mass is 9.77. The lowest BCUT2D eigenvalue weighted by molar-refractivity contribution is -0.131. The number of anilines is 2. The molecular formula is C42H62N6O4. The van der Waals surface area contributed by atoms with Crippen molar-refractivity contribution < 1.29 is 19.2 Å². The third kappa shape index (κ3) is 9.39. The highest BCUT2D eigenvalue weighted by molar-refractivity contribution is 5.95. The Morgan fingerprint density at radius 3 is 1.83 bits per heavy atom. The second kappa shape index (κ2) is 16.5. The van der Waals surface area contributed by atoms with E-state index in [1.807, 2.05) is 42.8 Å². The van der Waals surface area contributed by atoms with Crippen LogP contribution in [0.4, 0.5) is 11.6 Å². The van der Waals surface area contributed by atoms with Crippen molar-refractivity contribution in [1.82, 2.24) is 19.8 Å². The SMILES string of the molecule is CCC(C)(C)C(=O)Nc1cc(CC2CCN(C(C)=O)CC2)c2c(n1)CC(CC(C)(CC)C(=O)Nc1cc(CC3CCN(C(C)=O)CC3)c(C)cn1)C2. The average Bonchev–Trinajstić information content (AvgIpc) is 3.52. The van der Waals surface area contributed by atoms with Gasteiger partial charge in [-0.2, -0.15) is 0 Å². The summed E-state index contributed by atoms with van der Waals surface area (Å²) in [6.07, 6.45) is 11.3. The van der Waals surface area contributed by atoms with Crippen LogP contribution in [-0.2, 0) is 44.9 Å². The predicted octanol–water partition coefficient (Wildman–Crippen LogP) is 6.92. The summed E-state index contributed by atoms with van der Waals surface area (Å²) < 4.78 is 0. The van der Waals surface area contributed by atoms with Crippen LogP contribution in [0.15, 0.2) is 18.3 Å². The molecule has 2 atom stereocenters. The van der Waals surface area contributed by atoms with E-state index in [9.17, 15) is 19.2 Å². The number of fused-ring (bicyclic) bond motifs is 1. The van der Waals surface area contributed by atoms with E-state index in [1.54, 1.807) is 13.8 Å². The van der Waals surface area contributed by atoms with Gasteiger partial charge in [-0.1, -0.05) is 34.6 Å². The standard InChI is InChI=1S/C42H62N6O4/c1-9-41(6,7)39(51)46-38-24-34(20-31-13-17-48(18-14-31)29(5)50)35-21-32(22-36(35)44-38)25-42(8,10-2)40(52)45-37-23-33(27(3)26-43-37)19-30-11-15-47(16-12-30)28(4)49/h23-24,26,30-32H,9-22,25H2,1-8H3,(H,43,45,52)(H,44,46,51). The van der Waals surface area contributed by atoms with Gasteiger partial charge in [-0.05, 0) is 130 Å². The number of hydrogen-bond acceptors (Lipinski definition) is 6. The quantitative estimate of drug-likeness (QED) is 0.246. The number of piperidine rings is 2. The van der Waals surface area contributed by atoms with E-state index in [0.29, 0.717) is 29.9 Å². The maximum Gasteiger partial charge on any atom is 0.231 e. The molecule has 5 rings (SSSR count). The van der Waals surface area contributed by atoms with Crippen LogP contribution >= 0.6 is 0 Å². The molecule has 2 aromatic heterocycles. The molecule has 2 saturated heterocycles. The van der Waals surface area contributed by atoms with Gasteiger partial charge in [0.2, 0.25) is 23.6 Å². The topological polar surface area (TPSA) is 125 Å². The average molecular weight is 715 g/mol. The van der Waals surface area contributed by atoms with Crippen molar-refractivity contribution >= 4 is 35.3 Å². The lowest BCUT2D eigenvalue weighted by Gasteiger charge is -2.32. The zero-order chi connectivity index (χ0) is 37.8. The van der Waals surface area contributed by atoms with Gasteiger partial charge in [-0.3, -0.25) is 19.2 Å². The monoisotopic (exact) mass is 714 g/mol. The Labute approximate surface area is 311 Å². The van der Waals surface area contributed by atoms with Crippen molar-refractivity contribution in [1.29, 1.82) is 0 Å². The highest BCUT2D eigenvalue weighted by atomic mass is 16.2. The zero-order valence-corrected chi connectivity index (χ0v) is 33.0. The van der Waals surface area contributed by atoms with Crippen molar-refractivity contribution in [3.05, 3.63) is 46.3 Å². The number of rotatable bonds is 12. The van der Waals surface area contributed by atoms with Crippen LogP contribution < -0.4 is 10.6 Å². The molecule has 0 bridgehead atoms. The molecule has 2 N–H and O–H groups in total. The van der Waals surface area contributed by atoms with Gasteiger partial charge >= 0.3 is 0 Å². The van der Waals surface area contributed by atoms with Crippen LogP contribution in [-0.4, -0.2) is 69.6 Å². The largest absolute Gasteiger partial charge is 0.343 e. The van der Waals surface area contributed by atoms with E-state index in [-0.39, 0.29) is 29.5 Å². The summed E-state index contributed by atoms with van der Waals surface area (Å²) in [6, 6.07) is 4.13. The fraction of sp³-hybridized carbons (Fsp3) is 0.667. The summed E-state index contributed by atoms with van der Waals surface area (Å²) in [5, 5.41) is 6.32. The van der Waals surface area contributed by atoms with Gasteiger partial charge < -0.3 is 20.4 Å². The second-order valence-electron chi connectivity index (χ2n) is 16.9. The predicted molar refractivity (Wildman–Crippen MR) is 206 cm³/mol. The number of aromatic nitrogens is 2. The van der Waals surface area contributed by atoms with Crippen LogP contribution in [0.1, 0.15) is 121 Å². The number of amides is 4. The fourth-order valence-electron chi connectivity index (χ4n) is 8.25. The molecular weight excluding hydrogens is 652 g/mol. The molecule has 1 aliphatic carbocycles. The number of carbonyl (C=O) groups excluding carboxylic acids is 4. The summed E-state index contributed by atoms with van der Waals surface area (Å²) in [5.74, 6) is 2.67. The molecule has 10 nitrogen and oxygen atoms in total. The molecule has 52 heavy (non-hydrogen) atoms. The van der Waals surface area contributed by atoms with Crippen LogP contribution in [0.5, 0.6) is 0 Å². The third-order valence-electron chi connectivity index (χ3n) is 12.7. The van der Waals surface area contributed by atoms with Gasteiger partial charge in [0, 0.05) is 62.7 Å². The molecule has 284 valence electrons. The van der Waals surface area contributed by atoms with Gasteiger partial charge in [0.05, 0.1) is 0 Å². The molecule has 0 saturated carbocycles. The molecule has 2 aliphatic heterocycles. The first-order chi connectivity index (χ1) is 24.6. The van der Waals surface area contributed by atoms with Gasteiger partial charge in [-0.15, -0.1) is 0 Å². The number of aryl methyl sites for hydroxylation is 1. The van der Waals surface area contributed by atoms with Crippen LogP contribution in [0, 0.1) is 35.5 Å². The van der Waals surface area contributed by atoms with Crippen LogP contribution in [0.2, 0.25) is 0 Å². The van der Waals surface area contributed by atoms with Crippen LogP contribution in [0.3, 0.4) is 0 Å². The first kappa shape index (κ1) is 39.4. The number of nitrogens with zero attached hydrogens (tertiary/aromatic N) is 4. The summed E-state index contributed by atoms with van der Waals surface area (Å²) in [7, 11) is 0. The Kier molecular flexibility index (Phi) is 12.5. The molecule has 10 heteroatoms. The van der Waals surface area contributed by atoms with Gasteiger partial charge in [0.25, 0.3) is 0 Å². The summed E-state index contributed by atoms with van der Waals surface area (Å²) in [5.41, 5.74) is 4.77. The number of hydrogen-bond donors (Lipinski definition) is 2. The molecule has 2 fully saturated rings. The number of nitrogens with one attached hydrogen (secondary N) is 2.